The molecule has 0 bridgehead atoms. The summed E-state index contributed by atoms with van der Waals surface area (Å²) in [6, 6.07) is 4.96. The number of carboxylic acid groups (broad SMARTS) is 1. The van der Waals surface area contributed by atoms with Crippen LogP contribution in [0.5, 0.6) is 11.5 Å². The number of rotatable bonds is 8. The molecular formula is C18H19N3O7. The minimum Gasteiger partial charge on any atom is -0.493 e. The Balaban J connectivity index is 2.37. The molecule has 10 nitrogen and oxygen atoms in total. The molecule has 1 aromatic carbocycles. The topological polar surface area (TPSA) is 141 Å². The van der Waals surface area contributed by atoms with Crippen molar-refractivity contribution in [3.05, 3.63) is 57.4 Å². The highest BCUT2D eigenvalue weighted by Crippen LogP contribution is 2.31. The Bertz CT molecular complexity index is 914. The van der Waals surface area contributed by atoms with Gasteiger partial charge in [0.15, 0.2) is 11.5 Å². The number of benzene rings is 1. The number of methoxy groups -OCH3 is 2. The van der Waals surface area contributed by atoms with Gasteiger partial charge in [0.05, 0.1) is 42.9 Å². The summed E-state index contributed by atoms with van der Waals surface area (Å²) < 4.78 is 10.4. The number of carbonyl (C=O) groups excluding carboxylic acids is 1. The van der Waals surface area contributed by atoms with Gasteiger partial charge in [0.2, 0.25) is 0 Å². The Morgan fingerprint density at radius 3 is 2.50 bits per heavy atom. The second-order valence-electron chi connectivity index (χ2n) is 5.82. The molecule has 2 rings (SSSR count). The highest BCUT2D eigenvalue weighted by Gasteiger charge is 2.23. The van der Waals surface area contributed by atoms with Gasteiger partial charge in [-0.1, -0.05) is 6.07 Å². The zero-order valence-corrected chi connectivity index (χ0v) is 15.5. The summed E-state index contributed by atoms with van der Waals surface area (Å²) in [5.74, 6) is -0.980. The normalized spacial score (nSPS) is 11.4. The van der Waals surface area contributed by atoms with E-state index >= 15 is 0 Å². The lowest BCUT2D eigenvalue weighted by atomic mass is 10.0. The van der Waals surface area contributed by atoms with Crippen molar-refractivity contribution in [1.29, 1.82) is 0 Å². The third kappa shape index (κ3) is 4.72. The van der Waals surface area contributed by atoms with Crippen molar-refractivity contribution in [3.8, 4) is 11.5 Å². The third-order valence-corrected chi connectivity index (χ3v) is 4.02. The van der Waals surface area contributed by atoms with E-state index < -0.39 is 29.3 Å². The van der Waals surface area contributed by atoms with Crippen molar-refractivity contribution in [1.82, 2.24) is 10.3 Å². The van der Waals surface area contributed by atoms with E-state index in [1.165, 1.54) is 21.1 Å². The van der Waals surface area contributed by atoms with Crippen LogP contribution in [0.1, 0.15) is 34.1 Å². The van der Waals surface area contributed by atoms with E-state index in [-0.39, 0.29) is 16.9 Å². The van der Waals surface area contributed by atoms with Gasteiger partial charge >= 0.3 is 5.97 Å². The van der Waals surface area contributed by atoms with Crippen molar-refractivity contribution in [2.24, 2.45) is 0 Å². The van der Waals surface area contributed by atoms with Gasteiger partial charge < -0.3 is 19.9 Å². The average molecular weight is 389 g/mol. The zero-order chi connectivity index (χ0) is 20.8. The molecule has 148 valence electrons. The molecular weight excluding hydrogens is 370 g/mol. The van der Waals surface area contributed by atoms with E-state index in [0.717, 1.165) is 12.3 Å². The summed E-state index contributed by atoms with van der Waals surface area (Å²) in [5.41, 5.74) is 0.413. The first-order valence-electron chi connectivity index (χ1n) is 8.12. The molecule has 10 heteroatoms. The highest BCUT2D eigenvalue weighted by molar-refractivity contribution is 5.96. The van der Waals surface area contributed by atoms with Gasteiger partial charge in [-0.25, -0.2) is 0 Å². The van der Waals surface area contributed by atoms with Crippen LogP contribution < -0.4 is 14.8 Å². The first-order valence-corrected chi connectivity index (χ1v) is 8.12. The first-order chi connectivity index (χ1) is 13.3. The number of hydrogen-bond donors (Lipinski definition) is 2. The van der Waals surface area contributed by atoms with Crippen molar-refractivity contribution in [3.63, 3.8) is 0 Å². The van der Waals surface area contributed by atoms with Crippen LogP contribution in [0.2, 0.25) is 0 Å². The van der Waals surface area contributed by atoms with Gasteiger partial charge in [-0.05, 0) is 24.6 Å². The summed E-state index contributed by atoms with van der Waals surface area (Å²) in [6.45, 7) is 1.53. The Labute approximate surface area is 160 Å². The van der Waals surface area contributed by atoms with Crippen molar-refractivity contribution < 1.29 is 29.1 Å². The molecule has 0 fully saturated rings. The third-order valence-electron chi connectivity index (χ3n) is 4.02. The van der Waals surface area contributed by atoms with Crippen LogP contribution in [0.15, 0.2) is 30.5 Å². The van der Waals surface area contributed by atoms with Gasteiger partial charge in [0, 0.05) is 6.07 Å². The molecule has 28 heavy (non-hydrogen) atoms. The van der Waals surface area contributed by atoms with Gasteiger partial charge in [0.25, 0.3) is 11.6 Å². The summed E-state index contributed by atoms with van der Waals surface area (Å²) >= 11 is 0. The Kier molecular flexibility index (Phi) is 6.48. The standard InChI is InChI=1S/C18H19N3O7/c1-10-13(7-12(9-19-10)21(25)26)18(24)20-14(8-17(22)23)11-4-5-15(27-2)16(6-11)28-3/h4-7,9,14H,8H2,1-3H3,(H,20,24)(H,22,23). The number of ether oxygens (including phenoxy) is 2. The molecule has 0 aliphatic carbocycles. The molecule has 0 aliphatic heterocycles. The van der Waals surface area contributed by atoms with Crippen LogP contribution in [0.4, 0.5) is 5.69 Å². The number of hydrogen-bond acceptors (Lipinski definition) is 7. The first kappa shape index (κ1) is 20.6. The van der Waals surface area contributed by atoms with Crippen LogP contribution in [0, 0.1) is 17.0 Å². The Hall–Kier alpha value is -3.69. The Morgan fingerprint density at radius 2 is 1.93 bits per heavy atom. The van der Waals surface area contributed by atoms with Gasteiger partial charge in [0.1, 0.15) is 6.20 Å². The van der Waals surface area contributed by atoms with Crippen LogP contribution in [-0.2, 0) is 4.79 Å². The number of nitro groups is 1. The predicted octanol–water partition coefficient (Wildman–Crippen LogP) is 2.26. The van der Waals surface area contributed by atoms with E-state index in [0.29, 0.717) is 17.1 Å². The van der Waals surface area contributed by atoms with Crippen LogP contribution in [0.3, 0.4) is 0 Å². The van der Waals surface area contributed by atoms with Crippen LogP contribution in [-0.4, -0.2) is 41.1 Å². The molecule has 1 amide bonds. The number of pyridine rings is 1. The lowest BCUT2D eigenvalue weighted by Gasteiger charge is -2.19. The molecule has 1 unspecified atom stereocenters. The molecule has 0 spiro atoms. The maximum absolute atomic E-state index is 12.7. The second-order valence-corrected chi connectivity index (χ2v) is 5.82. The minimum atomic E-state index is -1.13. The number of amides is 1. The monoisotopic (exact) mass is 389 g/mol. The lowest BCUT2D eigenvalue weighted by molar-refractivity contribution is -0.385. The number of aromatic nitrogens is 1. The van der Waals surface area contributed by atoms with E-state index in [1.54, 1.807) is 18.2 Å². The molecule has 1 atom stereocenters. The molecule has 1 aromatic heterocycles. The van der Waals surface area contributed by atoms with Crippen LogP contribution >= 0.6 is 0 Å². The smallest absolute Gasteiger partial charge is 0.305 e. The maximum atomic E-state index is 12.7. The van der Waals surface area contributed by atoms with E-state index in [4.69, 9.17) is 9.47 Å². The fourth-order valence-corrected chi connectivity index (χ4v) is 2.58. The molecule has 0 aliphatic rings. The lowest BCUT2D eigenvalue weighted by Crippen LogP contribution is -2.31. The van der Waals surface area contributed by atoms with Crippen molar-refractivity contribution in [2.75, 3.05) is 14.2 Å². The molecule has 0 saturated heterocycles. The number of carboxylic acids is 1. The van der Waals surface area contributed by atoms with Crippen LogP contribution in [0.25, 0.3) is 0 Å². The number of aryl methyl sites for hydroxylation is 1. The number of carbonyl (C=O) groups is 2. The van der Waals surface area contributed by atoms with E-state index in [1.807, 2.05) is 0 Å². The summed E-state index contributed by atoms with van der Waals surface area (Å²) in [7, 11) is 2.90. The fourth-order valence-electron chi connectivity index (χ4n) is 2.58. The second kappa shape index (κ2) is 8.80. The SMILES string of the molecule is COc1ccc(C(CC(=O)O)NC(=O)c2cc([N+](=O)[O-])cnc2C)cc1OC. The number of aliphatic carboxylic acids is 1. The van der Waals surface area contributed by atoms with E-state index in [2.05, 4.69) is 10.3 Å². The Morgan fingerprint density at radius 1 is 1.25 bits per heavy atom. The number of nitrogens with zero attached hydrogens (tertiary/aromatic N) is 2. The minimum absolute atomic E-state index is 0.00920. The average Bonchev–Trinajstić information content (AvgIpc) is 2.66. The van der Waals surface area contributed by atoms with Gasteiger partial charge in [-0.2, -0.15) is 0 Å². The maximum Gasteiger partial charge on any atom is 0.305 e. The molecule has 0 saturated carbocycles. The summed E-state index contributed by atoms with van der Waals surface area (Å²) in [5, 5.41) is 22.8. The largest absolute Gasteiger partial charge is 0.493 e. The highest BCUT2D eigenvalue weighted by atomic mass is 16.6. The molecule has 2 aromatic rings. The molecule has 0 radical (unpaired) electrons. The summed E-state index contributed by atoms with van der Waals surface area (Å²) in [4.78, 5) is 38.1. The van der Waals surface area contributed by atoms with Gasteiger partial charge in [-0.3, -0.25) is 24.7 Å². The predicted molar refractivity (Wildman–Crippen MR) is 97.6 cm³/mol. The zero-order valence-electron chi connectivity index (χ0n) is 15.5. The fraction of sp³-hybridized carbons (Fsp3) is 0.278. The van der Waals surface area contributed by atoms with Crippen molar-refractivity contribution >= 4 is 17.6 Å². The van der Waals surface area contributed by atoms with E-state index in [9.17, 15) is 24.8 Å². The quantitative estimate of drug-likeness (QED) is 0.517. The number of nitrogens with one attached hydrogen (secondary N) is 1. The summed E-state index contributed by atoms with van der Waals surface area (Å²) in [6.07, 6.45) is 0.651. The molecule has 2 N–H and O–H groups in total. The van der Waals surface area contributed by atoms with Gasteiger partial charge in [-0.15, -0.1) is 0 Å². The van der Waals surface area contributed by atoms with Crippen molar-refractivity contribution in [2.45, 2.75) is 19.4 Å². The molecule has 1 heterocycles.